The van der Waals surface area contributed by atoms with Crippen LogP contribution in [0, 0.1) is 0 Å². The first-order chi connectivity index (χ1) is 22.8. The predicted octanol–water partition coefficient (Wildman–Crippen LogP) is 9.05. The Labute approximate surface area is 276 Å². The lowest BCUT2D eigenvalue weighted by molar-refractivity contribution is -0.147. The summed E-state index contributed by atoms with van der Waals surface area (Å²) in [6, 6.07) is 21.6. The number of amides is 1. The first-order valence-corrected chi connectivity index (χ1v) is 16.0. The van der Waals surface area contributed by atoms with E-state index in [1.807, 2.05) is 31.2 Å². The Balaban J connectivity index is 1.51. The molecule has 0 bridgehead atoms. The topological polar surface area (TPSA) is 134 Å². The first kappa shape index (κ1) is 36.3. The monoisotopic (exact) mass is 640 g/mol. The quantitative estimate of drug-likeness (QED) is 0.0457. The fraction of sp³-hybridized carbons (Fsp3) is 0.361. The van der Waals surface area contributed by atoms with Gasteiger partial charge in [0.1, 0.15) is 6.61 Å². The number of anilines is 1. The molecule has 0 saturated carbocycles. The number of hydrogen-bond acceptors (Lipinski definition) is 10. The molecule has 3 rings (SSSR count). The van der Waals surface area contributed by atoms with Crippen LogP contribution < -0.4 is 10.2 Å². The van der Waals surface area contributed by atoms with Crippen LogP contribution in [0.1, 0.15) is 69.7 Å². The van der Waals surface area contributed by atoms with Gasteiger partial charge in [0, 0.05) is 37.2 Å². The highest BCUT2D eigenvalue weighted by Gasteiger charge is 2.16. The predicted molar refractivity (Wildman–Crippen MR) is 183 cm³/mol. The SMILES string of the molecule is C=CC(=O)OCCN(CC)c1ccc(/N=N/c2ccc(/N=N\c3ccc(C(=O)NC(CCCCCCC)OC(C)=O)cc3)cc2)cc1. The zero-order chi connectivity index (χ0) is 33.9. The zero-order valence-electron chi connectivity index (χ0n) is 27.4. The minimum absolute atomic E-state index is 0.278. The molecule has 0 heterocycles. The number of likely N-dealkylation sites (N-methyl/N-ethyl adjacent to an activating group) is 1. The molecule has 3 aromatic carbocycles. The van der Waals surface area contributed by atoms with E-state index in [2.05, 4.69) is 44.2 Å². The highest BCUT2D eigenvalue weighted by atomic mass is 16.6. The van der Waals surface area contributed by atoms with E-state index in [0.717, 1.165) is 44.0 Å². The van der Waals surface area contributed by atoms with Gasteiger partial charge in [0.15, 0.2) is 6.23 Å². The number of azo groups is 2. The van der Waals surface area contributed by atoms with E-state index in [-0.39, 0.29) is 12.5 Å². The van der Waals surface area contributed by atoms with Gasteiger partial charge in [-0.25, -0.2) is 4.79 Å². The summed E-state index contributed by atoms with van der Waals surface area (Å²) in [6.07, 6.45) is 6.41. The molecule has 0 spiro atoms. The lowest BCUT2D eigenvalue weighted by Crippen LogP contribution is -2.38. The van der Waals surface area contributed by atoms with E-state index in [1.54, 1.807) is 48.5 Å². The Morgan fingerprint density at radius 1 is 0.787 bits per heavy atom. The third-order valence-electron chi connectivity index (χ3n) is 7.08. The summed E-state index contributed by atoms with van der Waals surface area (Å²) in [5.74, 6) is -1.18. The van der Waals surface area contributed by atoms with E-state index in [1.165, 1.54) is 13.3 Å². The average molecular weight is 641 g/mol. The van der Waals surface area contributed by atoms with Crippen LogP contribution in [0.2, 0.25) is 0 Å². The normalized spacial score (nSPS) is 11.7. The van der Waals surface area contributed by atoms with E-state index in [4.69, 9.17) is 9.47 Å². The second-order valence-electron chi connectivity index (χ2n) is 10.7. The summed E-state index contributed by atoms with van der Waals surface area (Å²) in [5, 5.41) is 20.0. The van der Waals surface area contributed by atoms with Crippen molar-refractivity contribution in [2.24, 2.45) is 20.5 Å². The van der Waals surface area contributed by atoms with Crippen LogP contribution in [0.25, 0.3) is 0 Å². The summed E-state index contributed by atoms with van der Waals surface area (Å²) in [7, 11) is 0. The van der Waals surface area contributed by atoms with Crippen molar-refractivity contribution in [3.63, 3.8) is 0 Å². The number of hydrogen-bond donors (Lipinski definition) is 1. The van der Waals surface area contributed by atoms with Crippen molar-refractivity contribution in [3.05, 3.63) is 91.0 Å². The van der Waals surface area contributed by atoms with Gasteiger partial charge in [0.25, 0.3) is 5.91 Å². The van der Waals surface area contributed by atoms with Crippen LogP contribution in [-0.2, 0) is 19.1 Å². The number of nitrogens with one attached hydrogen (secondary N) is 1. The zero-order valence-corrected chi connectivity index (χ0v) is 27.4. The van der Waals surface area contributed by atoms with Crippen molar-refractivity contribution in [2.45, 2.75) is 65.5 Å². The van der Waals surface area contributed by atoms with E-state index < -0.39 is 18.2 Å². The van der Waals surface area contributed by atoms with E-state index in [0.29, 0.717) is 41.3 Å². The molecular weight excluding hydrogens is 596 g/mol. The molecule has 11 heteroatoms. The highest BCUT2D eigenvalue weighted by Crippen LogP contribution is 2.25. The fourth-order valence-corrected chi connectivity index (χ4v) is 4.54. The number of carbonyl (C=O) groups is 3. The van der Waals surface area contributed by atoms with Crippen LogP contribution >= 0.6 is 0 Å². The molecule has 0 aliphatic rings. The van der Waals surface area contributed by atoms with Crippen LogP contribution in [0.15, 0.2) is 106 Å². The molecule has 0 aliphatic heterocycles. The number of nitrogens with zero attached hydrogens (tertiary/aromatic N) is 5. The van der Waals surface area contributed by atoms with Gasteiger partial charge in [-0.15, -0.1) is 0 Å². The molecule has 0 fully saturated rings. The summed E-state index contributed by atoms with van der Waals surface area (Å²) < 4.78 is 10.4. The highest BCUT2D eigenvalue weighted by molar-refractivity contribution is 5.94. The van der Waals surface area contributed by atoms with Crippen LogP contribution in [0.5, 0.6) is 0 Å². The third kappa shape index (κ3) is 13.4. The molecule has 3 aromatic rings. The fourth-order valence-electron chi connectivity index (χ4n) is 4.54. The van der Waals surface area contributed by atoms with Crippen LogP contribution in [0.4, 0.5) is 28.4 Å². The first-order valence-electron chi connectivity index (χ1n) is 16.0. The number of unbranched alkanes of at least 4 members (excludes halogenated alkanes) is 4. The van der Waals surface area contributed by atoms with Crippen molar-refractivity contribution in [3.8, 4) is 0 Å². The number of benzene rings is 3. The van der Waals surface area contributed by atoms with Crippen LogP contribution in [0.3, 0.4) is 0 Å². The molecule has 11 nitrogen and oxygen atoms in total. The van der Waals surface area contributed by atoms with Gasteiger partial charge < -0.3 is 19.7 Å². The molecule has 0 aliphatic carbocycles. The average Bonchev–Trinajstić information content (AvgIpc) is 3.08. The van der Waals surface area contributed by atoms with Gasteiger partial charge in [0.05, 0.1) is 29.3 Å². The summed E-state index contributed by atoms with van der Waals surface area (Å²) >= 11 is 0. The second-order valence-corrected chi connectivity index (χ2v) is 10.7. The van der Waals surface area contributed by atoms with Crippen molar-refractivity contribution >= 4 is 46.3 Å². The lowest BCUT2D eigenvalue weighted by Gasteiger charge is -2.22. The van der Waals surface area contributed by atoms with Gasteiger partial charge in [-0.3, -0.25) is 9.59 Å². The molecule has 248 valence electrons. The maximum absolute atomic E-state index is 12.8. The Bertz CT molecular complexity index is 1490. The van der Waals surface area contributed by atoms with Crippen molar-refractivity contribution < 1.29 is 23.9 Å². The Kier molecular flexibility index (Phi) is 15.5. The number of carbonyl (C=O) groups excluding carboxylic acids is 3. The lowest BCUT2D eigenvalue weighted by atomic mass is 10.1. The molecule has 47 heavy (non-hydrogen) atoms. The second kappa shape index (κ2) is 20.0. The van der Waals surface area contributed by atoms with Gasteiger partial charge in [-0.05, 0) is 86.1 Å². The molecule has 1 N–H and O–H groups in total. The van der Waals surface area contributed by atoms with Crippen molar-refractivity contribution in [1.82, 2.24) is 5.32 Å². The molecule has 1 amide bonds. The van der Waals surface area contributed by atoms with E-state index >= 15 is 0 Å². The van der Waals surface area contributed by atoms with Gasteiger partial charge in [-0.1, -0.05) is 39.2 Å². The van der Waals surface area contributed by atoms with Gasteiger partial charge >= 0.3 is 11.9 Å². The Hall–Kier alpha value is -5.19. The minimum atomic E-state index is -0.658. The summed E-state index contributed by atoms with van der Waals surface area (Å²) in [6.45, 7) is 10.5. The van der Waals surface area contributed by atoms with Crippen molar-refractivity contribution in [1.29, 1.82) is 0 Å². The van der Waals surface area contributed by atoms with E-state index in [9.17, 15) is 14.4 Å². The number of esters is 2. The van der Waals surface area contributed by atoms with Gasteiger partial charge in [-0.2, -0.15) is 20.5 Å². The maximum atomic E-state index is 12.8. The third-order valence-corrected chi connectivity index (χ3v) is 7.08. The Morgan fingerprint density at radius 2 is 1.30 bits per heavy atom. The van der Waals surface area contributed by atoms with Gasteiger partial charge in [0.2, 0.25) is 0 Å². The molecule has 0 radical (unpaired) electrons. The minimum Gasteiger partial charge on any atom is -0.461 e. The smallest absolute Gasteiger partial charge is 0.330 e. The number of ether oxygens (including phenoxy) is 2. The largest absolute Gasteiger partial charge is 0.461 e. The Morgan fingerprint density at radius 3 is 1.79 bits per heavy atom. The standard InChI is InChI=1S/C36H44N6O5/c1-5-8-9-10-11-12-34(47-27(4)43)37-36(45)28-13-15-29(16-14-28)38-39-30-17-19-31(20-18-30)40-41-32-21-23-33(24-22-32)42(7-3)25-26-46-35(44)6-2/h6,13-24,34H,2,5,7-12,25-26H2,1,3-4H3,(H,37,45)/b39-38-,41-40+. The van der Waals surface area contributed by atoms with Crippen LogP contribution in [-0.4, -0.2) is 43.8 Å². The van der Waals surface area contributed by atoms with Crippen molar-refractivity contribution in [2.75, 3.05) is 24.6 Å². The maximum Gasteiger partial charge on any atom is 0.330 e. The molecule has 1 atom stereocenters. The molecular formula is C36H44N6O5. The number of rotatable bonds is 19. The molecule has 0 aromatic heterocycles. The summed E-state index contributed by atoms with van der Waals surface area (Å²) in [5.41, 5.74) is 4.01. The summed E-state index contributed by atoms with van der Waals surface area (Å²) in [4.78, 5) is 37.6. The molecule has 0 saturated heterocycles. The molecule has 1 unspecified atom stereocenters.